The topological polar surface area (TPSA) is 66.0 Å². The molecule has 0 spiro atoms. The first-order chi connectivity index (χ1) is 8.20. The van der Waals surface area contributed by atoms with Crippen LogP contribution >= 0.6 is 15.9 Å². The molecule has 1 aromatic heterocycles. The van der Waals surface area contributed by atoms with E-state index in [1.165, 1.54) is 6.26 Å². The van der Waals surface area contributed by atoms with E-state index in [1.54, 1.807) is 30.3 Å². The molecule has 17 heavy (non-hydrogen) atoms. The Labute approximate surface area is 106 Å². The summed E-state index contributed by atoms with van der Waals surface area (Å²) in [4.78, 5) is 11.8. The number of anilines is 1. The molecule has 1 amide bonds. The second kappa shape index (κ2) is 4.85. The van der Waals surface area contributed by atoms with E-state index in [0.29, 0.717) is 21.5 Å². The number of nitriles is 1. The lowest BCUT2D eigenvalue weighted by Crippen LogP contribution is -2.11. The van der Waals surface area contributed by atoms with Gasteiger partial charge in [0, 0.05) is 5.69 Å². The molecule has 5 heteroatoms. The molecule has 0 saturated heterocycles. The molecule has 0 aliphatic heterocycles. The molecule has 0 saturated carbocycles. The Balaban J connectivity index is 2.14. The lowest BCUT2D eigenvalue weighted by atomic mass is 10.2. The number of carbonyl (C=O) groups excluding carboxylic acids is 1. The van der Waals surface area contributed by atoms with Gasteiger partial charge in [-0.3, -0.25) is 4.79 Å². The van der Waals surface area contributed by atoms with Crippen molar-refractivity contribution in [2.24, 2.45) is 0 Å². The fourth-order valence-corrected chi connectivity index (χ4v) is 1.70. The molecule has 0 aliphatic carbocycles. The number of halogens is 1. The number of hydrogen-bond donors (Lipinski definition) is 1. The summed E-state index contributed by atoms with van der Waals surface area (Å²) in [5, 5.41) is 11.3. The number of carbonyl (C=O) groups is 1. The second-order valence-corrected chi connectivity index (χ2v) is 3.97. The van der Waals surface area contributed by atoms with E-state index in [2.05, 4.69) is 21.2 Å². The molecule has 0 unspecified atom stereocenters. The van der Waals surface area contributed by atoms with Gasteiger partial charge in [0.15, 0.2) is 4.67 Å². The summed E-state index contributed by atoms with van der Waals surface area (Å²) in [7, 11) is 0. The predicted octanol–water partition coefficient (Wildman–Crippen LogP) is 3.17. The van der Waals surface area contributed by atoms with Crippen molar-refractivity contribution in [2.45, 2.75) is 0 Å². The lowest BCUT2D eigenvalue weighted by Gasteiger charge is -2.03. The van der Waals surface area contributed by atoms with Crippen LogP contribution in [0, 0.1) is 11.3 Å². The van der Waals surface area contributed by atoms with Crippen LogP contribution < -0.4 is 5.32 Å². The van der Waals surface area contributed by atoms with Gasteiger partial charge in [-0.25, -0.2) is 0 Å². The van der Waals surface area contributed by atoms with Gasteiger partial charge in [-0.05, 0) is 46.3 Å². The number of rotatable bonds is 2. The first-order valence-corrected chi connectivity index (χ1v) is 5.54. The van der Waals surface area contributed by atoms with E-state index in [1.807, 2.05) is 6.07 Å². The normalized spacial score (nSPS) is 9.65. The van der Waals surface area contributed by atoms with E-state index in [9.17, 15) is 4.79 Å². The quantitative estimate of drug-likeness (QED) is 0.924. The maximum Gasteiger partial charge on any atom is 0.260 e. The Morgan fingerprint density at radius 1 is 1.29 bits per heavy atom. The summed E-state index contributed by atoms with van der Waals surface area (Å²) in [5.74, 6) is -0.268. The van der Waals surface area contributed by atoms with Crippen molar-refractivity contribution in [3.05, 3.63) is 52.4 Å². The highest BCUT2D eigenvalue weighted by Gasteiger charge is 2.12. The Hall–Kier alpha value is -2.06. The zero-order valence-corrected chi connectivity index (χ0v) is 10.2. The Kier molecular flexibility index (Phi) is 3.26. The van der Waals surface area contributed by atoms with Crippen LogP contribution in [0.15, 0.2) is 45.7 Å². The monoisotopic (exact) mass is 290 g/mol. The SMILES string of the molecule is N#Cc1ccc(NC(=O)c2ccoc2Br)cc1. The number of amides is 1. The summed E-state index contributed by atoms with van der Waals surface area (Å²) < 4.78 is 5.36. The van der Waals surface area contributed by atoms with E-state index < -0.39 is 0 Å². The molecule has 1 N–H and O–H groups in total. The van der Waals surface area contributed by atoms with Gasteiger partial charge >= 0.3 is 0 Å². The highest BCUT2D eigenvalue weighted by molar-refractivity contribution is 9.10. The van der Waals surface area contributed by atoms with Crippen molar-refractivity contribution in [3.63, 3.8) is 0 Å². The molecule has 0 fully saturated rings. The fourth-order valence-electron chi connectivity index (χ4n) is 1.28. The molecule has 0 bridgehead atoms. The maximum atomic E-state index is 11.8. The van der Waals surface area contributed by atoms with Gasteiger partial charge in [0.2, 0.25) is 0 Å². The van der Waals surface area contributed by atoms with Crippen molar-refractivity contribution in [1.82, 2.24) is 0 Å². The number of benzene rings is 1. The fraction of sp³-hybridized carbons (Fsp3) is 0. The third-order valence-corrected chi connectivity index (χ3v) is 2.75. The molecule has 84 valence electrons. The van der Waals surface area contributed by atoms with Crippen LogP contribution in [0.2, 0.25) is 0 Å². The summed E-state index contributed by atoms with van der Waals surface area (Å²) >= 11 is 3.13. The first-order valence-electron chi connectivity index (χ1n) is 4.75. The highest BCUT2D eigenvalue weighted by Crippen LogP contribution is 2.19. The van der Waals surface area contributed by atoms with Gasteiger partial charge < -0.3 is 9.73 Å². The summed E-state index contributed by atoms with van der Waals surface area (Å²) in [6, 6.07) is 10.2. The maximum absolute atomic E-state index is 11.8. The van der Waals surface area contributed by atoms with Gasteiger partial charge in [-0.2, -0.15) is 5.26 Å². The summed E-state index contributed by atoms with van der Waals surface area (Å²) in [5.41, 5.74) is 1.60. The van der Waals surface area contributed by atoms with E-state index in [-0.39, 0.29) is 5.91 Å². The minimum atomic E-state index is -0.268. The second-order valence-electron chi connectivity index (χ2n) is 3.25. The van der Waals surface area contributed by atoms with Crippen molar-refractivity contribution < 1.29 is 9.21 Å². The molecule has 1 aromatic carbocycles. The lowest BCUT2D eigenvalue weighted by molar-refractivity contribution is 0.102. The largest absolute Gasteiger partial charge is 0.457 e. The van der Waals surface area contributed by atoms with Gasteiger partial charge in [0.25, 0.3) is 5.91 Å². The average molecular weight is 291 g/mol. The molecular weight excluding hydrogens is 284 g/mol. The Bertz CT molecular complexity index is 581. The molecule has 0 aliphatic rings. The van der Waals surface area contributed by atoms with E-state index >= 15 is 0 Å². The van der Waals surface area contributed by atoms with Crippen molar-refractivity contribution >= 4 is 27.5 Å². The Morgan fingerprint density at radius 2 is 2.00 bits per heavy atom. The van der Waals surface area contributed by atoms with Crippen LogP contribution in [-0.4, -0.2) is 5.91 Å². The van der Waals surface area contributed by atoms with Gasteiger partial charge in [0.1, 0.15) is 0 Å². The van der Waals surface area contributed by atoms with Gasteiger partial charge in [-0.15, -0.1) is 0 Å². The molecule has 0 radical (unpaired) electrons. The molecular formula is C12H7BrN2O2. The van der Waals surface area contributed by atoms with Crippen LogP contribution in [0.3, 0.4) is 0 Å². The molecule has 0 atom stereocenters. The zero-order valence-electron chi connectivity index (χ0n) is 8.61. The molecule has 2 aromatic rings. The van der Waals surface area contributed by atoms with Crippen LogP contribution in [0.5, 0.6) is 0 Å². The Morgan fingerprint density at radius 3 is 2.53 bits per heavy atom. The number of furan rings is 1. The predicted molar refractivity (Wildman–Crippen MR) is 65.5 cm³/mol. The highest BCUT2D eigenvalue weighted by atomic mass is 79.9. The minimum absolute atomic E-state index is 0.268. The third-order valence-electron chi connectivity index (χ3n) is 2.13. The first kappa shape index (κ1) is 11.4. The van der Waals surface area contributed by atoms with Gasteiger partial charge in [-0.1, -0.05) is 0 Å². The van der Waals surface area contributed by atoms with Crippen LogP contribution in [-0.2, 0) is 0 Å². The summed E-state index contributed by atoms with van der Waals surface area (Å²) in [6.45, 7) is 0. The zero-order chi connectivity index (χ0) is 12.3. The average Bonchev–Trinajstić information content (AvgIpc) is 2.76. The van der Waals surface area contributed by atoms with Crippen molar-refractivity contribution in [3.8, 4) is 6.07 Å². The standard InChI is InChI=1S/C12H7BrN2O2/c13-11-10(5-6-17-11)12(16)15-9-3-1-8(7-14)2-4-9/h1-6H,(H,15,16). The van der Waals surface area contributed by atoms with Crippen LogP contribution in [0.25, 0.3) is 0 Å². The van der Waals surface area contributed by atoms with E-state index in [4.69, 9.17) is 9.68 Å². The molecule has 4 nitrogen and oxygen atoms in total. The van der Waals surface area contributed by atoms with Crippen molar-refractivity contribution in [1.29, 1.82) is 5.26 Å². The van der Waals surface area contributed by atoms with E-state index in [0.717, 1.165) is 0 Å². The molecule has 1 heterocycles. The van der Waals surface area contributed by atoms with Gasteiger partial charge in [0.05, 0.1) is 23.5 Å². The smallest absolute Gasteiger partial charge is 0.260 e. The van der Waals surface area contributed by atoms with Crippen LogP contribution in [0.1, 0.15) is 15.9 Å². The molecule has 2 rings (SSSR count). The number of nitrogens with zero attached hydrogens (tertiary/aromatic N) is 1. The van der Waals surface area contributed by atoms with Crippen molar-refractivity contribution in [2.75, 3.05) is 5.32 Å². The summed E-state index contributed by atoms with van der Waals surface area (Å²) in [6.07, 6.45) is 1.43. The third kappa shape index (κ3) is 2.55. The van der Waals surface area contributed by atoms with Crippen LogP contribution in [0.4, 0.5) is 5.69 Å². The minimum Gasteiger partial charge on any atom is -0.457 e. The number of nitrogens with one attached hydrogen (secondary N) is 1. The number of hydrogen-bond acceptors (Lipinski definition) is 3.